The Morgan fingerprint density at radius 1 is 1.55 bits per heavy atom. The second kappa shape index (κ2) is 5.98. The summed E-state index contributed by atoms with van der Waals surface area (Å²) in [5.74, 6) is 0. The molecule has 22 heavy (non-hydrogen) atoms. The lowest BCUT2D eigenvalue weighted by atomic mass is 9.97. The maximum Gasteiger partial charge on any atom is 0.321 e. The number of likely N-dealkylation sites (N-methyl/N-ethyl adjacent to an activating group) is 1. The van der Waals surface area contributed by atoms with Crippen molar-refractivity contribution >= 4 is 34.0 Å². The number of nitrogens with one attached hydrogen (secondary N) is 2. The first-order valence-electron chi connectivity index (χ1n) is 7.41. The molecule has 0 spiro atoms. The van der Waals surface area contributed by atoms with Gasteiger partial charge in [-0.1, -0.05) is 11.6 Å². The fraction of sp³-hybridized carbons (Fsp3) is 0.643. The molecule has 2 amide bonds. The number of amides is 2. The van der Waals surface area contributed by atoms with Gasteiger partial charge in [0, 0.05) is 22.5 Å². The summed E-state index contributed by atoms with van der Waals surface area (Å²) < 4.78 is 0. The summed E-state index contributed by atoms with van der Waals surface area (Å²) in [7, 11) is 2.14. The van der Waals surface area contributed by atoms with Gasteiger partial charge in [0.1, 0.15) is 16.7 Å². The van der Waals surface area contributed by atoms with E-state index in [0.29, 0.717) is 22.6 Å². The van der Waals surface area contributed by atoms with E-state index in [2.05, 4.69) is 22.6 Å². The molecule has 8 heteroatoms. The van der Waals surface area contributed by atoms with Crippen LogP contribution in [0.3, 0.4) is 0 Å². The van der Waals surface area contributed by atoms with Gasteiger partial charge in [0.25, 0.3) is 0 Å². The van der Waals surface area contributed by atoms with E-state index in [9.17, 15) is 9.90 Å². The minimum absolute atomic E-state index is 0.363. The smallest absolute Gasteiger partial charge is 0.321 e. The number of alkyl halides is 1. The fourth-order valence-corrected chi connectivity index (χ4v) is 5.06. The number of halogens is 1. The van der Waals surface area contributed by atoms with Gasteiger partial charge >= 0.3 is 6.03 Å². The number of carbonyl (C=O) groups is 1. The Bertz CT molecular complexity index is 590. The van der Waals surface area contributed by atoms with Crippen LogP contribution in [-0.2, 0) is 6.42 Å². The van der Waals surface area contributed by atoms with Gasteiger partial charge in [-0.3, -0.25) is 10.2 Å². The van der Waals surface area contributed by atoms with Crippen molar-refractivity contribution in [2.45, 2.75) is 50.0 Å². The van der Waals surface area contributed by atoms with Crippen LogP contribution in [0.25, 0.3) is 0 Å². The summed E-state index contributed by atoms with van der Waals surface area (Å²) in [5.41, 5.74) is 7.05. The third kappa shape index (κ3) is 2.72. The van der Waals surface area contributed by atoms with Gasteiger partial charge in [-0.05, 0) is 38.8 Å². The second-order valence-electron chi connectivity index (χ2n) is 5.96. The van der Waals surface area contributed by atoms with Crippen molar-refractivity contribution in [2.24, 2.45) is 5.73 Å². The molecule has 0 aromatic carbocycles. The lowest BCUT2D eigenvalue weighted by molar-refractivity contribution is 0.182. The molecule has 3 rings (SSSR count). The van der Waals surface area contributed by atoms with Crippen LogP contribution >= 0.6 is 22.9 Å². The molecular formula is C14H21ClN4O2S. The van der Waals surface area contributed by atoms with Gasteiger partial charge in [-0.2, -0.15) is 0 Å². The summed E-state index contributed by atoms with van der Waals surface area (Å²) in [6, 6.07) is 0.470. The molecule has 2 bridgehead atoms. The standard InChI is InChI=1S/C14H21ClN4O2S/c1-6(15)17-14(21)18-13-10(12(16)20)8-5-7-3-4-9(19(7)2)11(8)22-13/h6-7,9,12,20H,3-5,16H2,1-2H3,(H2,17,18,21). The minimum Gasteiger partial charge on any atom is -0.374 e. The highest BCUT2D eigenvalue weighted by atomic mass is 35.5. The van der Waals surface area contributed by atoms with Gasteiger partial charge in [-0.25, -0.2) is 4.79 Å². The lowest BCUT2D eigenvalue weighted by Crippen LogP contribution is -2.34. The highest BCUT2D eigenvalue weighted by Gasteiger charge is 2.41. The van der Waals surface area contributed by atoms with Crippen molar-refractivity contribution in [3.05, 3.63) is 16.0 Å². The molecule has 1 aromatic heterocycles. The van der Waals surface area contributed by atoms with Crippen LogP contribution < -0.4 is 16.4 Å². The van der Waals surface area contributed by atoms with E-state index in [-0.39, 0.29) is 6.03 Å². The quantitative estimate of drug-likeness (QED) is 0.384. The molecule has 0 aliphatic carbocycles. The number of fused-ring (bicyclic) bond motifs is 4. The Balaban J connectivity index is 1.93. The number of carbonyl (C=O) groups excluding carboxylic acids is 1. The van der Waals surface area contributed by atoms with Gasteiger partial charge in [0.2, 0.25) is 0 Å². The Kier molecular flexibility index (Phi) is 4.35. The first-order valence-corrected chi connectivity index (χ1v) is 8.66. The first-order chi connectivity index (χ1) is 10.4. The second-order valence-corrected chi connectivity index (χ2v) is 7.67. The molecule has 1 fully saturated rings. The number of rotatable bonds is 3. The number of urea groups is 1. The fourth-order valence-electron chi connectivity index (χ4n) is 3.51. The van der Waals surface area contributed by atoms with E-state index in [4.69, 9.17) is 17.3 Å². The molecule has 1 aromatic rings. The third-order valence-electron chi connectivity index (χ3n) is 4.52. The number of aliphatic hydroxyl groups excluding tert-OH is 1. The molecule has 1 saturated heterocycles. The number of aliphatic hydroxyl groups is 1. The number of hydrogen-bond donors (Lipinski definition) is 4. The molecule has 3 heterocycles. The van der Waals surface area contributed by atoms with E-state index in [1.54, 1.807) is 6.92 Å². The van der Waals surface area contributed by atoms with Crippen molar-refractivity contribution in [2.75, 3.05) is 12.4 Å². The number of anilines is 1. The van der Waals surface area contributed by atoms with Crippen LogP contribution in [-0.4, -0.2) is 34.6 Å². The van der Waals surface area contributed by atoms with E-state index in [0.717, 1.165) is 24.8 Å². The molecule has 5 N–H and O–H groups in total. The Morgan fingerprint density at radius 3 is 2.91 bits per heavy atom. The molecule has 0 saturated carbocycles. The highest BCUT2D eigenvalue weighted by molar-refractivity contribution is 7.16. The van der Waals surface area contributed by atoms with Gasteiger partial charge in [-0.15, -0.1) is 11.3 Å². The van der Waals surface area contributed by atoms with Crippen LogP contribution in [0.4, 0.5) is 9.80 Å². The van der Waals surface area contributed by atoms with Crippen molar-refractivity contribution < 1.29 is 9.90 Å². The molecule has 0 radical (unpaired) electrons. The Hall–Kier alpha value is -0.860. The van der Waals surface area contributed by atoms with Gasteiger partial charge < -0.3 is 16.2 Å². The molecule has 4 atom stereocenters. The minimum atomic E-state index is -1.09. The van der Waals surface area contributed by atoms with Crippen LogP contribution in [0.2, 0.25) is 0 Å². The molecule has 2 aliphatic rings. The molecule has 4 unspecified atom stereocenters. The molecule has 122 valence electrons. The number of hydrogen-bond acceptors (Lipinski definition) is 5. The summed E-state index contributed by atoms with van der Waals surface area (Å²) in [6.07, 6.45) is 2.05. The maximum absolute atomic E-state index is 11.9. The van der Waals surface area contributed by atoms with Crippen LogP contribution in [0, 0.1) is 0 Å². The van der Waals surface area contributed by atoms with Crippen molar-refractivity contribution in [1.29, 1.82) is 0 Å². The first kappa shape index (κ1) is 16.0. The van der Waals surface area contributed by atoms with E-state index in [1.807, 2.05) is 0 Å². The topological polar surface area (TPSA) is 90.6 Å². The van der Waals surface area contributed by atoms with Crippen molar-refractivity contribution in [3.8, 4) is 0 Å². The normalized spacial score (nSPS) is 26.4. The summed E-state index contributed by atoms with van der Waals surface area (Å²) in [5, 5.41) is 15.9. The molecular weight excluding hydrogens is 324 g/mol. The van der Waals surface area contributed by atoms with Crippen molar-refractivity contribution in [3.63, 3.8) is 0 Å². The average molecular weight is 345 g/mol. The SMILES string of the molecule is CC(Cl)NC(=O)Nc1sc2c(c1C(N)O)CC1CCC2N1C. The predicted octanol–water partition coefficient (Wildman–Crippen LogP) is 2.10. The summed E-state index contributed by atoms with van der Waals surface area (Å²) >= 11 is 7.28. The average Bonchev–Trinajstić information content (AvgIpc) is 2.85. The van der Waals surface area contributed by atoms with Gasteiger partial charge in [0.05, 0.1) is 0 Å². The number of nitrogens with two attached hydrogens (primary N) is 1. The largest absolute Gasteiger partial charge is 0.374 e. The zero-order chi connectivity index (χ0) is 16.0. The third-order valence-corrected chi connectivity index (χ3v) is 5.89. The van der Waals surface area contributed by atoms with Crippen LogP contribution in [0.5, 0.6) is 0 Å². The Labute approximate surface area is 138 Å². The van der Waals surface area contributed by atoms with E-state index in [1.165, 1.54) is 16.2 Å². The molecule has 6 nitrogen and oxygen atoms in total. The monoisotopic (exact) mass is 344 g/mol. The summed E-state index contributed by atoms with van der Waals surface area (Å²) in [4.78, 5) is 15.5. The predicted molar refractivity (Wildman–Crippen MR) is 88.2 cm³/mol. The zero-order valence-corrected chi connectivity index (χ0v) is 14.2. The summed E-state index contributed by atoms with van der Waals surface area (Å²) in [6.45, 7) is 1.67. The van der Waals surface area contributed by atoms with Gasteiger partial charge in [0.15, 0.2) is 0 Å². The van der Waals surface area contributed by atoms with Crippen molar-refractivity contribution in [1.82, 2.24) is 10.2 Å². The number of thiophene rings is 1. The zero-order valence-electron chi connectivity index (χ0n) is 12.6. The highest BCUT2D eigenvalue weighted by Crippen LogP contribution is 2.50. The molecule has 2 aliphatic heterocycles. The Morgan fingerprint density at radius 2 is 2.27 bits per heavy atom. The van der Waals surface area contributed by atoms with E-state index >= 15 is 0 Å². The van der Waals surface area contributed by atoms with Crippen LogP contribution in [0.15, 0.2) is 0 Å². The van der Waals surface area contributed by atoms with E-state index < -0.39 is 11.7 Å². The van der Waals surface area contributed by atoms with Crippen LogP contribution in [0.1, 0.15) is 48.0 Å². The lowest BCUT2D eigenvalue weighted by Gasteiger charge is -2.31. The number of nitrogens with zero attached hydrogens (tertiary/aromatic N) is 1. The maximum atomic E-state index is 11.9.